The van der Waals surface area contributed by atoms with Crippen molar-refractivity contribution >= 4 is 40.8 Å². The number of benzene rings is 4. The monoisotopic (exact) mass is 878 g/mol. The third kappa shape index (κ3) is 6.11. The molecular weight excluding hydrogens is 832 g/mol. The first kappa shape index (κ1) is 41.9. The van der Waals surface area contributed by atoms with Crippen LogP contribution in [0.3, 0.4) is 0 Å². The summed E-state index contributed by atoms with van der Waals surface area (Å²) >= 11 is 0. The summed E-state index contributed by atoms with van der Waals surface area (Å²) in [7, 11) is 1.95. The van der Waals surface area contributed by atoms with Crippen LogP contribution in [0.2, 0.25) is 0 Å². The van der Waals surface area contributed by atoms with Crippen LogP contribution >= 0.6 is 7.26 Å². The summed E-state index contributed by atoms with van der Waals surface area (Å²) in [5, 5.41) is 15.6. The number of fused-ring (bicyclic) bond motifs is 1. The van der Waals surface area contributed by atoms with Gasteiger partial charge in [-0.1, -0.05) is 25.1 Å². The third-order valence-corrected chi connectivity index (χ3v) is 17.8. The van der Waals surface area contributed by atoms with E-state index in [-0.39, 0.29) is 35.9 Å². The lowest BCUT2D eigenvalue weighted by Gasteiger charge is -2.63. The molecule has 8 nitrogen and oxygen atoms in total. The Balaban J connectivity index is 0.00000512. The number of ether oxygens (including phenoxy) is 3. The summed E-state index contributed by atoms with van der Waals surface area (Å²) < 4.78 is 60.6. The molecule has 2 fully saturated rings. The summed E-state index contributed by atoms with van der Waals surface area (Å²) in [5.74, 6) is -2.13. The van der Waals surface area contributed by atoms with Gasteiger partial charge in [0.25, 0.3) is 0 Å². The van der Waals surface area contributed by atoms with E-state index in [0.717, 1.165) is 27.2 Å². The Morgan fingerprint density at radius 2 is 1.43 bits per heavy atom. The summed E-state index contributed by atoms with van der Waals surface area (Å²) in [5.41, 5.74) is -2.14. The first-order valence-corrected chi connectivity index (χ1v) is 21.4. The molecule has 0 amide bonds. The first-order valence-electron chi connectivity index (χ1n) is 19.4. The highest BCUT2D eigenvalue weighted by Gasteiger charge is 2.80. The van der Waals surface area contributed by atoms with Gasteiger partial charge in [0.05, 0.1) is 26.4 Å². The van der Waals surface area contributed by atoms with E-state index in [1.54, 1.807) is 43.5 Å². The zero-order valence-electron chi connectivity index (χ0n) is 32.8. The Labute approximate surface area is 348 Å². The fourth-order valence-corrected chi connectivity index (χ4v) is 15.4. The molecule has 1 saturated carbocycles. The summed E-state index contributed by atoms with van der Waals surface area (Å²) in [4.78, 5) is 33.1. The van der Waals surface area contributed by atoms with Crippen LogP contribution in [0.5, 0.6) is 5.75 Å². The highest BCUT2D eigenvalue weighted by atomic mass is 79.9. The van der Waals surface area contributed by atoms with Crippen LogP contribution in [0.15, 0.2) is 103 Å². The molecule has 0 unspecified atom stereocenters. The number of rotatable bonds is 11. The largest absolute Gasteiger partial charge is 1.00 e. The number of aliphatic hydroxyl groups is 1. The molecule has 58 heavy (non-hydrogen) atoms. The summed E-state index contributed by atoms with van der Waals surface area (Å²) in [6.45, 7) is 3.39. The standard InChI is InChI=1S/C45H47F3N2O6P.BrH/c1-5-43-23-7-25-50-26-24-44(39(43)50)36-22-15-32(54-3)28-37(36)49(2)40(44)45(53,42(52)55-4)41(43)56-38(51)8-6-27-57(33-16-9-29(46)10-17-33,34-18-11-30(47)12-19-34)35-20-13-31(48)14-21-35;/h7,9-23,28,39-41,53H,5-6,8,24-27H2,1-4H3;1H/q+1;/p-1/t39-,40+,41+,43+,44+,45-;/m0./s1. The Morgan fingerprint density at radius 3 is 1.95 bits per heavy atom. The lowest BCUT2D eigenvalue weighted by atomic mass is 9.47. The lowest BCUT2D eigenvalue weighted by Crippen LogP contribution is -3.00. The van der Waals surface area contributed by atoms with E-state index in [1.807, 2.05) is 49.2 Å². The zero-order valence-corrected chi connectivity index (χ0v) is 35.3. The van der Waals surface area contributed by atoms with Gasteiger partial charge < -0.3 is 41.2 Å². The van der Waals surface area contributed by atoms with Crippen LogP contribution in [0.4, 0.5) is 18.9 Å². The molecule has 1 spiro atoms. The maximum Gasteiger partial charge on any atom is 0.344 e. The predicted molar refractivity (Wildman–Crippen MR) is 215 cm³/mol. The van der Waals surface area contributed by atoms with E-state index in [0.29, 0.717) is 37.8 Å². The Morgan fingerprint density at radius 1 is 0.862 bits per heavy atom. The molecule has 13 heteroatoms. The smallest absolute Gasteiger partial charge is 0.344 e. The summed E-state index contributed by atoms with van der Waals surface area (Å²) in [6, 6.07) is 23.2. The second kappa shape index (κ2) is 15.8. The van der Waals surface area contributed by atoms with Crippen LogP contribution in [-0.4, -0.2) is 86.3 Å². The Bertz CT molecular complexity index is 2100. The Hall–Kier alpha value is -4.22. The molecule has 3 aliphatic heterocycles. The molecule has 8 rings (SSSR count). The molecule has 306 valence electrons. The molecule has 1 aliphatic carbocycles. The number of methoxy groups -OCH3 is 2. The SMILES string of the molecule is CC[C@]12C=CCN3CC[C@@]4(c5ccc(OC)cc5N(C)[C@H]4[C@@](O)(C(=O)OC)[C@@H]1OC(=O)CCC[P+](c1ccc(F)cc1)(c1ccc(F)cc1)c1ccc(F)cc1)[C@@H]32.[Br-]. The van der Waals surface area contributed by atoms with Gasteiger partial charge in [-0.15, -0.1) is 0 Å². The molecule has 0 bridgehead atoms. The molecular formula is C45H47BrF3N2O6P. The van der Waals surface area contributed by atoms with Crippen LogP contribution in [0.25, 0.3) is 0 Å². The molecule has 4 aromatic carbocycles. The van der Waals surface area contributed by atoms with E-state index in [1.165, 1.54) is 43.5 Å². The minimum Gasteiger partial charge on any atom is -1.00 e. The molecule has 0 radical (unpaired) electrons. The molecule has 4 aromatic rings. The predicted octanol–water partition coefficient (Wildman–Crippen LogP) is 2.82. The van der Waals surface area contributed by atoms with E-state index in [9.17, 15) is 27.9 Å². The van der Waals surface area contributed by atoms with Crippen LogP contribution in [0.1, 0.15) is 38.2 Å². The number of hydrogen-bond acceptors (Lipinski definition) is 8. The van der Waals surface area contributed by atoms with Gasteiger partial charge in [0, 0.05) is 48.6 Å². The number of nitrogens with zero attached hydrogens (tertiary/aromatic N) is 2. The second-order valence-corrected chi connectivity index (χ2v) is 19.3. The van der Waals surface area contributed by atoms with Crippen LogP contribution in [0, 0.1) is 22.9 Å². The normalized spacial score (nSPS) is 26.9. The van der Waals surface area contributed by atoms with Gasteiger partial charge in [0.2, 0.25) is 5.60 Å². The number of esters is 2. The Kier molecular flexibility index (Phi) is 11.4. The maximum absolute atomic E-state index is 14.4. The van der Waals surface area contributed by atoms with Gasteiger partial charge in [0.15, 0.2) is 6.10 Å². The summed E-state index contributed by atoms with van der Waals surface area (Å²) in [6.07, 6.45) is 4.43. The minimum absolute atomic E-state index is 0. The number of carbonyl (C=O) groups excluding carboxylic acids is 2. The average Bonchev–Trinajstić information content (AvgIpc) is 3.74. The van der Waals surface area contributed by atoms with Crippen molar-refractivity contribution < 1.29 is 59.1 Å². The fraction of sp³-hybridized carbons (Fsp3) is 0.378. The van der Waals surface area contributed by atoms with E-state index in [2.05, 4.69) is 4.90 Å². The molecule has 1 N–H and O–H groups in total. The molecule has 3 heterocycles. The quantitative estimate of drug-likeness (QED) is 0.140. The zero-order chi connectivity index (χ0) is 40.3. The van der Waals surface area contributed by atoms with Gasteiger partial charge in [0.1, 0.15) is 46.4 Å². The van der Waals surface area contributed by atoms with Crippen molar-refractivity contribution in [2.45, 2.75) is 61.8 Å². The van der Waals surface area contributed by atoms with Crippen molar-refractivity contribution in [2.75, 3.05) is 45.4 Å². The van der Waals surface area contributed by atoms with Crippen molar-refractivity contribution in [2.24, 2.45) is 5.41 Å². The average molecular weight is 880 g/mol. The van der Waals surface area contributed by atoms with Gasteiger partial charge in [-0.3, -0.25) is 9.69 Å². The maximum atomic E-state index is 14.4. The molecule has 6 atom stereocenters. The van der Waals surface area contributed by atoms with Gasteiger partial charge in [-0.25, -0.2) is 18.0 Å². The van der Waals surface area contributed by atoms with Crippen LogP contribution in [-0.2, 0) is 24.5 Å². The third-order valence-electron chi connectivity index (χ3n) is 13.3. The van der Waals surface area contributed by atoms with Crippen LogP contribution < -0.4 is 42.5 Å². The fourth-order valence-electron chi connectivity index (χ4n) is 11.1. The van der Waals surface area contributed by atoms with E-state index in [4.69, 9.17) is 14.2 Å². The lowest BCUT2D eigenvalue weighted by molar-refractivity contribution is -0.229. The second-order valence-electron chi connectivity index (χ2n) is 15.7. The first-order chi connectivity index (χ1) is 27.4. The van der Waals surface area contributed by atoms with E-state index < -0.39 is 65.2 Å². The number of carbonyl (C=O) groups is 2. The molecule has 0 aromatic heterocycles. The number of hydrogen-bond donors (Lipinski definition) is 1. The number of halogens is 4. The van der Waals surface area contributed by atoms with E-state index >= 15 is 0 Å². The van der Waals surface area contributed by atoms with Crippen molar-refractivity contribution in [1.82, 2.24) is 4.90 Å². The van der Waals surface area contributed by atoms with Gasteiger partial charge in [-0.05, 0) is 110 Å². The van der Waals surface area contributed by atoms with Gasteiger partial charge in [-0.2, -0.15) is 0 Å². The van der Waals surface area contributed by atoms with Crippen molar-refractivity contribution in [3.8, 4) is 5.75 Å². The number of likely N-dealkylation sites (N-methyl/N-ethyl adjacent to an activating group) is 1. The highest BCUT2D eigenvalue weighted by Crippen LogP contribution is 2.67. The van der Waals surface area contributed by atoms with Crippen molar-refractivity contribution in [1.29, 1.82) is 0 Å². The van der Waals surface area contributed by atoms with Gasteiger partial charge >= 0.3 is 11.9 Å². The van der Waals surface area contributed by atoms with Crippen molar-refractivity contribution in [3.05, 3.63) is 126 Å². The minimum atomic E-state index is -2.74. The van der Waals surface area contributed by atoms with Crippen molar-refractivity contribution in [3.63, 3.8) is 0 Å². The molecule has 1 saturated heterocycles. The topological polar surface area (TPSA) is 88.5 Å². The highest BCUT2D eigenvalue weighted by molar-refractivity contribution is 7.95. The molecule has 4 aliphatic rings. The number of anilines is 1.